The van der Waals surface area contributed by atoms with Crippen LogP contribution >= 0.6 is 0 Å². The van der Waals surface area contributed by atoms with Crippen LogP contribution in [0.2, 0.25) is 0 Å². The van der Waals surface area contributed by atoms with E-state index in [1.807, 2.05) is 0 Å². The molecule has 0 aliphatic rings. The van der Waals surface area contributed by atoms with Crippen LogP contribution in [0.4, 0.5) is 13.2 Å². The predicted octanol–water partition coefficient (Wildman–Crippen LogP) is 3.53. The van der Waals surface area contributed by atoms with Crippen LogP contribution in [0.15, 0.2) is 41.7 Å². The summed E-state index contributed by atoms with van der Waals surface area (Å²) in [7, 11) is 0. The molecular weight excluding hydrogens is 207 g/mol. The molecule has 0 N–H and O–H groups in total. The fourth-order valence-corrected chi connectivity index (χ4v) is 1.11. The van der Waals surface area contributed by atoms with E-state index in [0.717, 1.165) is 18.3 Å². The van der Waals surface area contributed by atoms with E-state index in [9.17, 15) is 18.1 Å². The molecule has 1 aromatic rings. The van der Waals surface area contributed by atoms with Gasteiger partial charge in [0.25, 0.3) is 0 Å². The second-order valence-corrected chi connectivity index (χ2v) is 2.89. The number of alkyl halides is 3. The Kier molecular flexibility index (Phi) is 3.60. The molecule has 5 heteroatoms. The Morgan fingerprint density at radius 2 is 2.07 bits per heavy atom. The number of benzene rings is 1. The van der Waals surface area contributed by atoms with Gasteiger partial charge in [0.15, 0.2) is 0 Å². The minimum Gasteiger partial charge on any atom is -0.166 e. The summed E-state index contributed by atoms with van der Waals surface area (Å²) in [5.74, 6) is 0. The molecule has 0 bridgehead atoms. The molecule has 0 radical (unpaired) electrons. The average molecular weight is 215 g/mol. The minimum atomic E-state index is -4.33. The first-order valence-electron chi connectivity index (χ1n) is 4.17. The monoisotopic (exact) mass is 215 g/mol. The Labute approximate surface area is 84.4 Å². The van der Waals surface area contributed by atoms with Gasteiger partial charge in [0.1, 0.15) is 0 Å². The lowest BCUT2D eigenvalue weighted by atomic mass is 10.1. The summed E-state index contributed by atoms with van der Waals surface area (Å²) in [5.41, 5.74) is -0.197. The van der Waals surface area contributed by atoms with E-state index in [1.165, 1.54) is 12.1 Å². The molecule has 80 valence electrons. The van der Waals surface area contributed by atoms with Gasteiger partial charge in [-0.25, -0.2) is 0 Å². The molecule has 0 aromatic heterocycles. The van der Waals surface area contributed by atoms with E-state index in [0.29, 0.717) is 5.56 Å². The summed E-state index contributed by atoms with van der Waals surface area (Å²) >= 11 is 0. The van der Waals surface area contributed by atoms with Crippen molar-refractivity contribution in [3.63, 3.8) is 0 Å². The number of allylic oxidation sites excluding steroid dienone is 1. The molecule has 0 unspecified atom stereocenters. The second-order valence-electron chi connectivity index (χ2n) is 2.89. The Morgan fingerprint density at radius 3 is 2.67 bits per heavy atom. The quantitative estimate of drug-likeness (QED) is 0.709. The van der Waals surface area contributed by atoms with E-state index in [1.54, 1.807) is 6.07 Å². The van der Waals surface area contributed by atoms with E-state index in [4.69, 9.17) is 0 Å². The highest BCUT2D eigenvalue weighted by atomic mass is 19.4. The lowest BCUT2D eigenvalue weighted by Gasteiger charge is -2.07. The Hall–Kier alpha value is -1.65. The Bertz CT molecular complexity index is 371. The van der Waals surface area contributed by atoms with Crippen LogP contribution in [0.1, 0.15) is 11.1 Å². The number of nitroso groups, excluding NO2 is 1. The maximum atomic E-state index is 12.3. The molecule has 1 aromatic carbocycles. The summed E-state index contributed by atoms with van der Waals surface area (Å²) in [4.78, 5) is 9.70. The third-order valence-corrected chi connectivity index (χ3v) is 1.77. The Balaban J connectivity index is 2.83. The standard InChI is InChI=1S/C10H8F3NO/c11-10(12,13)9-5-1-3-8(7-9)4-2-6-14-15/h1-3,5-7H,4H2. The first-order valence-corrected chi connectivity index (χ1v) is 4.17. The van der Waals surface area contributed by atoms with E-state index in [2.05, 4.69) is 5.18 Å². The molecule has 0 fully saturated rings. The van der Waals surface area contributed by atoms with Crippen LogP contribution in [-0.4, -0.2) is 0 Å². The largest absolute Gasteiger partial charge is 0.416 e. The van der Waals surface area contributed by atoms with Gasteiger partial charge in [0, 0.05) is 0 Å². The average Bonchev–Trinajstić information content (AvgIpc) is 2.17. The van der Waals surface area contributed by atoms with Crippen LogP contribution in [0.3, 0.4) is 0 Å². The SMILES string of the molecule is O=NC=CCc1cccc(C(F)(F)F)c1. The van der Waals surface area contributed by atoms with Crippen molar-refractivity contribution in [3.8, 4) is 0 Å². The zero-order valence-corrected chi connectivity index (χ0v) is 7.66. The van der Waals surface area contributed by atoms with Crippen molar-refractivity contribution in [1.29, 1.82) is 0 Å². The maximum absolute atomic E-state index is 12.3. The molecule has 0 amide bonds. The zero-order chi connectivity index (χ0) is 11.3. The first-order chi connectivity index (χ1) is 7.04. The molecule has 0 saturated carbocycles. The van der Waals surface area contributed by atoms with Crippen molar-refractivity contribution in [2.24, 2.45) is 5.18 Å². The highest BCUT2D eigenvalue weighted by molar-refractivity contribution is 5.27. The summed E-state index contributed by atoms with van der Waals surface area (Å²) in [5, 5.41) is 2.47. The van der Waals surface area contributed by atoms with E-state index in [-0.39, 0.29) is 6.42 Å². The Morgan fingerprint density at radius 1 is 1.33 bits per heavy atom. The van der Waals surface area contributed by atoms with Gasteiger partial charge in [0.2, 0.25) is 0 Å². The third kappa shape index (κ3) is 3.53. The molecule has 2 nitrogen and oxygen atoms in total. The summed E-state index contributed by atoms with van der Waals surface area (Å²) in [6.45, 7) is 0. The van der Waals surface area contributed by atoms with Crippen molar-refractivity contribution in [2.75, 3.05) is 0 Å². The number of halogens is 3. The smallest absolute Gasteiger partial charge is 0.166 e. The minimum absolute atomic E-state index is 0.260. The molecule has 15 heavy (non-hydrogen) atoms. The molecule has 0 spiro atoms. The maximum Gasteiger partial charge on any atom is 0.416 e. The number of rotatable bonds is 3. The molecule has 0 aliphatic carbocycles. The van der Waals surface area contributed by atoms with Gasteiger partial charge in [-0.3, -0.25) is 0 Å². The summed E-state index contributed by atoms with van der Waals surface area (Å²) < 4.78 is 36.8. The fourth-order valence-electron chi connectivity index (χ4n) is 1.11. The van der Waals surface area contributed by atoms with Crippen LogP contribution in [-0.2, 0) is 12.6 Å². The molecule has 0 saturated heterocycles. The first kappa shape index (κ1) is 11.4. The predicted molar refractivity (Wildman–Crippen MR) is 50.1 cm³/mol. The second kappa shape index (κ2) is 4.72. The van der Waals surface area contributed by atoms with E-state index < -0.39 is 11.7 Å². The third-order valence-electron chi connectivity index (χ3n) is 1.77. The van der Waals surface area contributed by atoms with Crippen LogP contribution in [0.25, 0.3) is 0 Å². The van der Waals surface area contributed by atoms with Crippen LogP contribution in [0.5, 0.6) is 0 Å². The van der Waals surface area contributed by atoms with Gasteiger partial charge in [-0.1, -0.05) is 24.3 Å². The summed E-state index contributed by atoms with van der Waals surface area (Å²) in [6, 6.07) is 4.95. The number of nitrogens with zero attached hydrogens (tertiary/aromatic N) is 1. The molecule has 0 heterocycles. The summed E-state index contributed by atoms with van der Waals surface area (Å²) in [6.07, 6.45) is -1.65. The molecule has 1 rings (SSSR count). The van der Waals surface area contributed by atoms with Gasteiger partial charge < -0.3 is 0 Å². The number of hydrogen-bond donors (Lipinski definition) is 0. The lowest BCUT2D eigenvalue weighted by Crippen LogP contribution is -2.04. The van der Waals surface area contributed by atoms with Crippen molar-refractivity contribution in [3.05, 3.63) is 52.6 Å². The van der Waals surface area contributed by atoms with E-state index >= 15 is 0 Å². The van der Waals surface area contributed by atoms with Gasteiger partial charge in [0.05, 0.1) is 11.8 Å². The van der Waals surface area contributed by atoms with Crippen molar-refractivity contribution >= 4 is 0 Å². The highest BCUT2D eigenvalue weighted by Crippen LogP contribution is 2.29. The van der Waals surface area contributed by atoms with Crippen LogP contribution < -0.4 is 0 Å². The van der Waals surface area contributed by atoms with Gasteiger partial charge in [-0.15, -0.1) is 4.91 Å². The topological polar surface area (TPSA) is 29.4 Å². The van der Waals surface area contributed by atoms with Crippen molar-refractivity contribution in [2.45, 2.75) is 12.6 Å². The number of hydrogen-bond acceptors (Lipinski definition) is 2. The van der Waals surface area contributed by atoms with Gasteiger partial charge >= 0.3 is 6.18 Å². The molecule has 0 aliphatic heterocycles. The highest BCUT2D eigenvalue weighted by Gasteiger charge is 2.30. The van der Waals surface area contributed by atoms with Crippen molar-refractivity contribution in [1.82, 2.24) is 0 Å². The van der Waals surface area contributed by atoms with Crippen molar-refractivity contribution < 1.29 is 13.2 Å². The van der Waals surface area contributed by atoms with Crippen LogP contribution in [0, 0.1) is 4.91 Å². The molecule has 0 atom stereocenters. The normalized spacial score (nSPS) is 11.9. The lowest BCUT2D eigenvalue weighted by molar-refractivity contribution is -0.137. The fraction of sp³-hybridized carbons (Fsp3) is 0.200. The van der Waals surface area contributed by atoms with Gasteiger partial charge in [-0.05, 0) is 23.2 Å². The van der Waals surface area contributed by atoms with Gasteiger partial charge in [-0.2, -0.15) is 13.2 Å². The molecular formula is C10H8F3NO. The zero-order valence-electron chi connectivity index (χ0n) is 7.66.